The molecule has 2 amide bonds. The fourth-order valence-corrected chi connectivity index (χ4v) is 6.41. The summed E-state index contributed by atoms with van der Waals surface area (Å²) in [4.78, 5) is 25.8. The maximum atomic E-state index is 13.0. The molecule has 27 heavy (non-hydrogen) atoms. The quantitative estimate of drug-likeness (QED) is 0.587. The summed E-state index contributed by atoms with van der Waals surface area (Å²) in [7, 11) is -2.78. The van der Waals surface area contributed by atoms with Crippen LogP contribution in [0.25, 0.3) is 10.1 Å². The van der Waals surface area contributed by atoms with E-state index in [1.165, 1.54) is 7.05 Å². The lowest BCUT2D eigenvalue weighted by Crippen LogP contribution is -2.45. The van der Waals surface area contributed by atoms with Crippen LogP contribution in [0, 0.1) is 0 Å². The molecule has 1 atom stereocenters. The minimum atomic E-state index is -3.96. The number of carbonyl (C=O) groups is 2. The van der Waals surface area contributed by atoms with E-state index in [0.717, 1.165) is 20.5 Å². The second kappa shape index (κ2) is 6.43. The molecule has 1 N–H and O–H groups in total. The Kier molecular flexibility index (Phi) is 4.32. The second-order valence-electron chi connectivity index (χ2n) is 6.04. The lowest BCUT2D eigenvalue weighted by molar-refractivity contribution is -0.132. The first-order valence-electron chi connectivity index (χ1n) is 7.91. The van der Waals surface area contributed by atoms with Crippen molar-refractivity contribution in [1.29, 1.82) is 0 Å². The molecule has 138 valence electrons. The van der Waals surface area contributed by atoms with Crippen molar-refractivity contribution in [2.75, 3.05) is 12.4 Å². The lowest BCUT2D eigenvalue weighted by Gasteiger charge is -2.28. The third kappa shape index (κ3) is 2.86. The van der Waals surface area contributed by atoms with Gasteiger partial charge in [0, 0.05) is 27.5 Å². The molecule has 2 aromatic carbocycles. The van der Waals surface area contributed by atoms with E-state index in [2.05, 4.69) is 21.2 Å². The number of anilines is 1. The van der Waals surface area contributed by atoms with Gasteiger partial charge in [0.05, 0.1) is 0 Å². The van der Waals surface area contributed by atoms with Crippen LogP contribution >= 0.6 is 27.3 Å². The molecule has 6 nitrogen and oxygen atoms in total. The molecular formula is C18H13BrN2O4S2. The number of nitrogens with one attached hydrogen (secondary N) is 1. The van der Waals surface area contributed by atoms with Crippen LogP contribution in [0.15, 0.2) is 57.2 Å². The van der Waals surface area contributed by atoms with E-state index in [4.69, 9.17) is 0 Å². The average molecular weight is 465 g/mol. The first kappa shape index (κ1) is 18.1. The molecule has 0 radical (unpaired) electrons. The molecule has 9 heteroatoms. The maximum Gasteiger partial charge on any atom is 0.276 e. The van der Waals surface area contributed by atoms with E-state index in [1.807, 2.05) is 0 Å². The van der Waals surface area contributed by atoms with Crippen LogP contribution in [0.2, 0.25) is 0 Å². The Morgan fingerprint density at radius 2 is 1.81 bits per heavy atom. The predicted molar refractivity (Wildman–Crippen MR) is 107 cm³/mol. The van der Waals surface area contributed by atoms with Crippen molar-refractivity contribution in [3.8, 4) is 0 Å². The van der Waals surface area contributed by atoms with Gasteiger partial charge in [-0.3, -0.25) is 9.59 Å². The number of fused-ring (bicyclic) bond motifs is 3. The molecule has 0 saturated carbocycles. The molecule has 0 spiro atoms. The number of halogens is 1. The number of rotatable bonds is 2. The van der Waals surface area contributed by atoms with Gasteiger partial charge in [-0.2, -0.15) is 0 Å². The molecule has 2 heterocycles. The van der Waals surface area contributed by atoms with Crippen LogP contribution in [0.4, 0.5) is 5.69 Å². The number of likely N-dealkylation sites (N-methyl/N-ethyl adjacent to an activating group) is 1. The maximum absolute atomic E-state index is 13.0. The minimum Gasteiger partial charge on any atom is -0.325 e. The van der Waals surface area contributed by atoms with Gasteiger partial charge >= 0.3 is 0 Å². The predicted octanol–water partition coefficient (Wildman–Crippen LogP) is 3.55. The Balaban J connectivity index is 1.86. The Morgan fingerprint density at radius 1 is 1.15 bits per heavy atom. The first-order valence-corrected chi connectivity index (χ1v) is 11.0. The standard InChI is InChI=1S/C18H13BrN2O4S2/c1-21-17(23)15(16(22)20-11-8-6-10(19)7-9-11)14-12-4-2-3-5-13(12)26-18(14)27(21,24)25/h2-9,15H,1H3,(H,20,22). The van der Waals surface area contributed by atoms with Crippen LogP contribution in [-0.2, 0) is 19.6 Å². The van der Waals surface area contributed by atoms with Crippen molar-refractivity contribution in [2.24, 2.45) is 0 Å². The van der Waals surface area contributed by atoms with E-state index in [1.54, 1.807) is 48.5 Å². The van der Waals surface area contributed by atoms with Gasteiger partial charge in [0.15, 0.2) is 0 Å². The third-order valence-corrected chi connectivity index (χ3v) is 8.40. The van der Waals surface area contributed by atoms with Crippen LogP contribution in [0.1, 0.15) is 11.5 Å². The Morgan fingerprint density at radius 3 is 2.52 bits per heavy atom. The van der Waals surface area contributed by atoms with E-state index in [0.29, 0.717) is 15.4 Å². The number of hydrogen-bond donors (Lipinski definition) is 1. The monoisotopic (exact) mass is 464 g/mol. The van der Waals surface area contributed by atoms with Gasteiger partial charge in [0.1, 0.15) is 10.1 Å². The van der Waals surface area contributed by atoms with E-state index in [-0.39, 0.29) is 9.77 Å². The van der Waals surface area contributed by atoms with Gasteiger partial charge < -0.3 is 5.32 Å². The van der Waals surface area contributed by atoms with E-state index < -0.39 is 27.8 Å². The molecule has 0 saturated heterocycles. The van der Waals surface area contributed by atoms with Gasteiger partial charge in [-0.1, -0.05) is 34.1 Å². The molecule has 4 rings (SSSR count). The summed E-state index contributed by atoms with van der Waals surface area (Å²) >= 11 is 4.40. The normalized spacial score (nSPS) is 18.4. The number of amides is 2. The summed E-state index contributed by atoms with van der Waals surface area (Å²) in [5.74, 6) is -2.55. The summed E-state index contributed by atoms with van der Waals surface area (Å²) in [5.41, 5.74) is 0.779. The Hall–Kier alpha value is -2.23. The Bertz CT molecular complexity index is 1190. The molecule has 1 aliphatic heterocycles. The van der Waals surface area contributed by atoms with Crippen LogP contribution in [-0.4, -0.2) is 31.6 Å². The number of sulfonamides is 1. The number of carbonyl (C=O) groups excluding carboxylic acids is 2. The number of benzene rings is 2. The minimum absolute atomic E-state index is 0.0433. The van der Waals surface area contributed by atoms with Crippen molar-refractivity contribution < 1.29 is 18.0 Å². The number of hydrogen-bond acceptors (Lipinski definition) is 5. The zero-order valence-electron chi connectivity index (χ0n) is 14.0. The SMILES string of the molecule is CN1C(=O)C(C(=O)Nc2ccc(Br)cc2)c2c(sc3ccccc23)S1(=O)=O. The highest BCUT2D eigenvalue weighted by molar-refractivity contribution is 9.10. The molecular weight excluding hydrogens is 452 g/mol. The number of nitrogens with zero attached hydrogens (tertiary/aromatic N) is 1. The van der Waals surface area contributed by atoms with Gasteiger partial charge in [-0.25, -0.2) is 12.7 Å². The highest BCUT2D eigenvalue weighted by atomic mass is 79.9. The first-order chi connectivity index (χ1) is 12.8. The molecule has 0 bridgehead atoms. The van der Waals surface area contributed by atoms with E-state index >= 15 is 0 Å². The zero-order valence-corrected chi connectivity index (χ0v) is 17.2. The van der Waals surface area contributed by atoms with Gasteiger partial charge in [0.25, 0.3) is 15.9 Å². The van der Waals surface area contributed by atoms with Crippen molar-refractivity contribution in [3.05, 3.63) is 58.6 Å². The number of thiophene rings is 1. The summed E-state index contributed by atoms with van der Waals surface area (Å²) in [6, 6.07) is 14.0. The largest absolute Gasteiger partial charge is 0.325 e. The zero-order chi connectivity index (χ0) is 19.3. The summed E-state index contributed by atoms with van der Waals surface area (Å²) in [5, 5.41) is 3.32. The van der Waals surface area contributed by atoms with Crippen LogP contribution < -0.4 is 5.32 Å². The molecule has 0 fully saturated rings. The second-order valence-corrected chi connectivity index (χ2v) is 10.2. The van der Waals surface area contributed by atoms with Gasteiger partial charge in [-0.15, -0.1) is 11.3 Å². The summed E-state index contributed by atoms with van der Waals surface area (Å²) in [6.07, 6.45) is 0. The van der Waals surface area contributed by atoms with Crippen molar-refractivity contribution in [1.82, 2.24) is 4.31 Å². The fourth-order valence-electron chi connectivity index (χ4n) is 3.05. The average Bonchev–Trinajstić information content (AvgIpc) is 3.03. The van der Waals surface area contributed by atoms with Crippen molar-refractivity contribution in [2.45, 2.75) is 10.1 Å². The topological polar surface area (TPSA) is 83.6 Å². The van der Waals surface area contributed by atoms with Gasteiger partial charge in [-0.05, 0) is 35.7 Å². The smallest absolute Gasteiger partial charge is 0.276 e. The molecule has 1 aromatic heterocycles. The highest BCUT2D eigenvalue weighted by Crippen LogP contribution is 2.44. The molecule has 0 aliphatic carbocycles. The van der Waals surface area contributed by atoms with Crippen molar-refractivity contribution in [3.63, 3.8) is 0 Å². The van der Waals surface area contributed by atoms with Gasteiger partial charge in [0.2, 0.25) is 5.91 Å². The van der Waals surface area contributed by atoms with Crippen LogP contribution in [0.3, 0.4) is 0 Å². The third-order valence-electron chi connectivity index (χ3n) is 4.41. The van der Waals surface area contributed by atoms with Crippen molar-refractivity contribution >= 4 is 64.9 Å². The fraction of sp³-hybridized carbons (Fsp3) is 0.111. The highest BCUT2D eigenvalue weighted by Gasteiger charge is 2.47. The molecule has 3 aromatic rings. The summed E-state index contributed by atoms with van der Waals surface area (Å²) in [6.45, 7) is 0. The Labute approximate surface area is 168 Å². The lowest BCUT2D eigenvalue weighted by atomic mass is 9.96. The molecule has 1 unspecified atom stereocenters. The van der Waals surface area contributed by atoms with E-state index in [9.17, 15) is 18.0 Å². The van der Waals surface area contributed by atoms with Crippen LogP contribution in [0.5, 0.6) is 0 Å². The molecule has 1 aliphatic rings. The summed E-state index contributed by atoms with van der Waals surface area (Å²) < 4.78 is 27.7.